The number of hydrogen-bond donors (Lipinski definition) is 0. The molecular formula is C10H7BrF2O2. The van der Waals surface area contributed by atoms with Crippen molar-refractivity contribution in [2.24, 2.45) is 0 Å². The number of fused-ring (bicyclic) bond motifs is 1. The van der Waals surface area contributed by atoms with E-state index in [0.717, 1.165) is 5.56 Å². The van der Waals surface area contributed by atoms with Crippen LogP contribution in [0.25, 0.3) is 6.08 Å². The minimum atomic E-state index is -3.54. The van der Waals surface area contributed by atoms with Crippen LogP contribution in [-0.2, 0) is 0 Å². The Hall–Kier alpha value is -1.10. The van der Waals surface area contributed by atoms with Crippen LogP contribution in [0.2, 0.25) is 0 Å². The summed E-state index contributed by atoms with van der Waals surface area (Å²) in [7, 11) is 0. The summed E-state index contributed by atoms with van der Waals surface area (Å²) in [5.74, 6) is 0.132. The summed E-state index contributed by atoms with van der Waals surface area (Å²) in [4.78, 5) is 0. The minimum Gasteiger partial charge on any atom is -0.395 e. The number of allylic oxidation sites excluding steroid dienone is 1. The molecular weight excluding hydrogens is 270 g/mol. The Morgan fingerprint density at radius 1 is 1.27 bits per heavy atom. The van der Waals surface area contributed by atoms with Gasteiger partial charge in [0, 0.05) is 5.33 Å². The zero-order chi connectivity index (χ0) is 10.9. The summed E-state index contributed by atoms with van der Waals surface area (Å²) in [5.41, 5.74) is 0.787. The lowest BCUT2D eigenvalue weighted by atomic mass is 10.2. The summed E-state index contributed by atoms with van der Waals surface area (Å²) >= 11 is 3.22. The molecule has 15 heavy (non-hydrogen) atoms. The highest BCUT2D eigenvalue weighted by atomic mass is 79.9. The molecule has 1 aliphatic rings. The van der Waals surface area contributed by atoms with Gasteiger partial charge in [0.15, 0.2) is 11.5 Å². The van der Waals surface area contributed by atoms with Crippen molar-refractivity contribution in [3.05, 3.63) is 29.8 Å². The van der Waals surface area contributed by atoms with Gasteiger partial charge in [-0.15, -0.1) is 8.78 Å². The fraction of sp³-hybridized carbons (Fsp3) is 0.200. The average Bonchev–Trinajstić information content (AvgIpc) is 2.47. The van der Waals surface area contributed by atoms with Gasteiger partial charge < -0.3 is 9.47 Å². The first-order valence-electron chi connectivity index (χ1n) is 4.23. The fourth-order valence-corrected chi connectivity index (χ4v) is 1.44. The SMILES string of the molecule is FC1(F)Oc2ccc(C=CCBr)cc2O1. The van der Waals surface area contributed by atoms with Gasteiger partial charge in [-0.05, 0) is 17.7 Å². The quantitative estimate of drug-likeness (QED) is 0.771. The number of halogens is 3. The first-order valence-corrected chi connectivity index (χ1v) is 5.35. The Morgan fingerprint density at radius 3 is 2.73 bits per heavy atom. The predicted octanol–water partition coefficient (Wildman–Crippen LogP) is 3.42. The molecule has 0 aliphatic carbocycles. The minimum absolute atomic E-state index is 0.0657. The second-order valence-corrected chi connectivity index (χ2v) is 3.58. The van der Waals surface area contributed by atoms with E-state index in [2.05, 4.69) is 25.4 Å². The Morgan fingerprint density at radius 2 is 2.00 bits per heavy atom. The highest BCUT2D eigenvalue weighted by Gasteiger charge is 2.43. The lowest BCUT2D eigenvalue weighted by molar-refractivity contribution is -0.286. The molecule has 2 nitrogen and oxygen atoms in total. The Kier molecular flexibility index (Phi) is 2.65. The standard InChI is InChI=1S/C10H7BrF2O2/c11-5-1-2-7-3-4-8-9(6-7)15-10(12,13)14-8/h1-4,6H,5H2. The van der Waals surface area contributed by atoms with E-state index in [1.165, 1.54) is 12.1 Å². The van der Waals surface area contributed by atoms with Crippen molar-refractivity contribution in [1.29, 1.82) is 0 Å². The van der Waals surface area contributed by atoms with Gasteiger partial charge in [0.25, 0.3) is 0 Å². The molecule has 0 saturated carbocycles. The van der Waals surface area contributed by atoms with E-state index < -0.39 is 6.29 Å². The number of rotatable bonds is 2. The van der Waals surface area contributed by atoms with Crippen LogP contribution >= 0.6 is 15.9 Å². The molecule has 80 valence electrons. The van der Waals surface area contributed by atoms with Crippen LogP contribution in [0.1, 0.15) is 5.56 Å². The van der Waals surface area contributed by atoms with E-state index >= 15 is 0 Å². The molecule has 1 aliphatic heterocycles. The molecule has 0 atom stereocenters. The number of benzene rings is 1. The van der Waals surface area contributed by atoms with Crippen molar-refractivity contribution >= 4 is 22.0 Å². The maximum Gasteiger partial charge on any atom is 0.586 e. The lowest BCUT2D eigenvalue weighted by Crippen LogP contribution is -2.25. The van der Waals surface area contributed by atoms with Crippen LogP contribution < -0.4 is 9.47 Å². The monoisotopic (exact) mass is 276 g/mol. The largest absolute Gasteiger partial charge is 0.586 e. The summed E-state index contributed by atoms with van der Waals surface area (Å²) in [6.45, 7) is 0. The van der Waals surface area contributed by atoms with E-state index in [4.69, 9.17) is 0 Å². The van der Waals surface area contributed by atoms with Crippen molar-refractivity contribution in [3.8, 4) is 11.5 Å². The van der Waals surface area contributed by atoms with Crippen molar-refractivity contribution in [1.82, 2.24) is 0 Å². The van der Waals surface area contributed by atoms with Gasteiger partial charge in [-0.3, -0.25) is 0 Å². The number of ether oxygens (including phenoxy) is 2. The maximum absolute atomic E-state index is 12.7. The van der Waals surface area contributed by atoms with Crippen LogP contribution in [0.5, 0.6) is 11.5 Å². The highest BCUT2D eigenvalue weighted by molar-refractivity contribution is 9.09. The molecule has 0 fully saturated rings. The van der Waals surface area contributed by atoms with Crippen LogP contribution in [0, 0.1) is 0 Å². The van der Waals surface area contributed by atoms with Crippen LogP contribution in [0.4, 0.5) is 8.78 Å². The third-order valence-electron chi connectivity index (χ3n) is 1.82. The molecule has 0 radical (unpaired) electrons. The van der Waals surface area contributed by atoms with Gasteiger partial charge >= 0.3 is 6.29 Å². The predicted molar refractivity (Wildman–Crippen MR) is 55.5 cm³/mol. The van der Waals surface area contributed by atoms with Gasteiger partial charge in [-0.2, -0.15) is 0 Å². The topological polar surface area (TPSA) is 18.5 Å². The molecule has 1 aromatic carbocycles. The van der Waals surface area contributed by atoms with E-state index in [1.54, 1.807) is 12.1 Å². The van der Waals surface area contributed by atoms with Gasteiger partial charge in [0.2, 0.25) is 0 Å². The summed E-state index contributed by atoms with van der Waals surface area (Å²) < 4.78 is 33.9. The normalized spacial score (nSPS) is 17.3. The summed E-state index contributed by atoms with van der Waals surface area (Å²) in [6.07, 6.45) is 0.116. The third kappa shape index (κ3) is 2.28. The van der Waals surface area contributed by atoms with Crippen molar-refractivity contribution in [2.75, 3.05) is 5.33 Å². The number of hydrogen-bond acceptors (Lipinski definition) is 2. The molecule has 0 spiro atoms. The molecule has 0 unspecified atom stereocenters. The van der Waals surface area contributed by atoms with E-state index in [1.807, 2.05) is 6.08 Å². The second-order valence-electron chi connectivity index (χ2n) is 2.93. The third-order valence-corrected chi connectivity index (χ3v) is 2.20. The molecule has 1 heterocycles. The summed E-state index contributed by atoms with van der Waals surface area (Å²) in [5, 5.41) is 0.706. The highest BCUT2D eigenvalue weighted by Crippen LogP contribution is 2.41. The van der Waals surface area contributed by atoms with Gasteiger partial charge in [-0.25, -0.2) is 0 Å². The number of alkyl halides is 3. The van der Waals surface area contributed by atoms with Crippen molar-refractivity contribution in [3.63, 3.8) is 0 Å². The average molecular weight is 277 g/mol. The molecule has 0 aromatic heterocycles. The smallest absolute Gasteiger partial charge is 0.395 e. The van der Waals surface area contributed by atoms with Gasteiger partial charge in [0.05, 0.1) is 0 Å². The Bertz CT molecular complexity index is 404. The van der Waals surface area contributed by atoms with E-state index in [-0.39, 0.29) is 11.5 Å². The first-order chi connectivity index (χ1) is 7.11. The molecule has 0 amide bonds. The van der Waals surface area contributed by atoms with E-state index in [0.29, 0.717) is 5.33 Å². The molecule has 0 N–H and O–H groups in total. The zero-order valence-electron chi connectivity index (χ0n) is 7.54. The Balaban J connectivity index is 2.26. The molecule has 1 aromatic rings. The van der Waals surface area contributed by atoms with Crippen molar-refractivity contribution < 1.29 is 18.3 Å². The molecule has 2 rings (SSSR count). The molecule has 0 saturated heterocycles. The van der Waals surface area contributed by atoms with E-state index in [9.17, 15) is 8.78 Å². The van der Waals surface area contributed by atoms with Crippen LogP contribution in [0.15, 0.2) is 24.3 Å². The fourth-order valence-electron chi connectivity index (χ4n) is 1.25. The first kappa shape index (κ1) is 10.4. The second kappa shape index (κ2) is 3.81. The summed E-state index contributed by atoms with van der Waals surface area (Å²) in [6, 6.07) is 4.66. The van der Waals surface area contributed by atoms with Gasteiger partial charge in [0.1, 0.15) is 0 Å². The zero-order valence-corrected chi connectivity index (χ0v) is 9.13. The molecule has 0 bridgehead atoms. The van der Waals surface area contributed by atoms with Crippen LogP contribution in [0.3, 0.4) is 0 Å². The van der Waals surface area contributed by atoms with Crippen LogP contribution in [-0.4, -0.2) is 11.6 Å². The lowest BCUT2D eigenvalue weighted by Gasteiger charge is -2.04. The van der Waals surface area contributed by atoms with Crippen molar-refractivity contribution in [2.45, 2.75) is 6.29 Å². The van der Waals surface area contributed by atoms with Gasteiger partial charge in [-0.1, -0.05) is 34.1 Å². The Labute approximate surface area is 93.6 Å². The molecule has 5 heteroatoms. The maximum atomic E-state index is 12.7.